The van der Waals surface area contributed by atoms with E-state index in [1.807, 2.05) is 0 Å². The van der Waals surface area contributed by atoms with Gasteiger partial charge in [0.15, 0.2) is 0 Å². The molecule has 1 saturated heterocycles. The van der Waals surface area contributed by atoms with E-state index in [2.05, 4.69) is 49.8 Å². The van der Waals surface area contributed by atoms with E-state index in [4.69, 9.17) is 4.42 Å². The molecular weight excluding hydrogens is 250 g/mol. The number of anilines is 1. The monoisotopic (exact) mass is 279 g/mol. The molecule has 0 amide bonds. The molecule has 4 nitrogen and oxygen atoms in total. The molecule has 20 heavy (non-hydrogen) atoms. The first kappa shape index (κ1) is 15.4. The van der Waals surface area contributed by atoms with Gasteiger partial charge in [-0.05, 0) is 37.6 Å². The Morgan fingerprint density at radius 3 is 2.85 bits per heavy atom. The van der Waals surface area contributed by atoms with Gasteiger partial charge in [0.25, 0.3) is 6.01 Å². The molecule has 0 bridgehead atoms. The van der Waals surface area contributed by atoms with Crippen LogP contribution in [0.5, 0.6) is 0 Å². The van der Waals surface area contributed by atoms with Gasteiger partial charge in [0.2, 0.25) is 0 Å². The van der Waals surface area contributed by atoms with E-state index in [0.29, 0.717) is 23.8 Å². The van der Waals surface area contributed by atoms with Gasteiger partial charge in [0.05, 0.1) is 5.69 Å². The van der Waals surface area contributed by atoms with Crippen molar-refractivity contribution >= 4 is 6.01 Å². The second kappa shape index (κ2) is 6.61. The Hall–Kier alpha value is -1.03. The molecule has 2 rings (SSSR count). The van der Waals surface area contributed by atoms with Gasteiger partial charge in [-0.3, -0.25) is 0 Å². The largest absolute Gasteiger partial charge is 0.432 e. The minimum Gasteiger partial charge on any atom is -0.432 e. The number of hydrogen-bond donors (Lipinski definition) is 1. The molecule has 114 valence electrons. The maximum atomic E-state index is 5.70. The van der Waals surface area contributed by atoms with Crippen LogP contribution >= 0.6 is 0 Å². The third-order valence-corrected chi connectivity index (χ3v) is 4.24. The van der Waals surface area contributed by atoms with E-state index in [9.17, 15) is 0 Å². The van der Waals surface area contributed by atoms with E-state index in [-0.39, 0.29) is 0 Å². The molecule has 0 radical (unpaired) electrons. The first-order valence-electron chi connectivity index (χ1n) is 7.89. The van der Waals surface area contributed by atoms with E-state index >= 15 is 0 Å². The highest BCUT2D eigenvalue weighted by Gasteiger charge is 2.31. The second-order valence-electron chi connectivity index (χ2n) is 6.86. The summed E-state index contributed by atoms with van der Waals surface area (Å²) in [6.45, 7) is 14.2. The maximum Gasteiger partial charge on any atom is 0.297 e. The van der Waals surface area contributed by atoms with Gasteiger partial charge in [0, 0.05) is 19.1 Å². The van der Waals surface area contributed by atoms with Crippen molar-refractivity contribution in [2.45, 2.75) is 53.6 Å². The van der Waals surface area contributed by atoms with Crippen molar-refractivity contribution in [1.29, 1.82) is 0 Å². The van der Waals surface area contributed by atoms with Crippen LogP contribution in [0.3, 0.4) is 0 Å². The topological polar surface area (TPSA) is 41.3 Å². The summed E-state index contributed by atoms with van der Waals surface area (Å²) in [5.74, 6) is 2.05. The Bertz CT molecular complexity index is 416. The van der Waals surface area contributed by atoms with Crippen molar-refractivity contribution in [3.8, 4) is 0 Å². The standard InChI is InChI=1S/C16H29N3O/c1-11(2)7-17-8-15-10-20-16(18-15)19-9-12(3)6-13(4)14(19)5/h10-14,17H,6-9H2,1-5H3. The smallest absolute Gasteiger partial charge is 0.297 e. The van der Waals surface area contributed by atoms with Crippen molar-refractivity contribution < 1.29 is 4.42 Å². The zero-order valence-electron chi connectivity index (χ0n) is 13.5. The van der Waals surface area contributed by atoms with E-state index in [0.717, 1.165) is 31.3 Å². The van der Waals surface area contributed by atoms with Crippen molar-refractivity contribution in [1.82, 2.24) is 10.3 Å². The number of nitrogens with zero attached hydrogens (tertiary/aromatic N) is 2. The molecule has 1 fully saturated rings. The van der Waals surface area contributed by atoms with Crippen LogP contribution in [0.1, 0.15) is 46.7 Å². The minimum atomic E-state index is 0.501. The summed E-state index contributed by atoms with van der Waals surface area (Å²) in [5, 5.41) is 3.41. The van der Waals surface area contributed by atoms with E-state index < -0.39 is 0 Å². The molecule has 0 aliphatic carbocycles. The van der Waals surface area contributed by atoms with Crippen LogP contribution in [0.4, 0.5) is 6.01 Å². The summed E-state index contributed by atoms with van der Waals surface area (Å²) in [7, 11) is 0. The molecule has 0 saturated carbocycles. The Kier molecular flexibility index (Phi) is 5.08. The first-order chi connectivity index (χ1) is 9.47. The number of hydrogen-bond acceptors (Lipinski definition) is 4. The third-order valence-electron chi connectivity index (χ3n) is 4.24. The van der Waals surface area contributed by atoms with Gasteiger partial charge >= 0.3 is 0 Å². The third kappa shape index (κ3) is 3.75. The summed E-state index contributed by atoms with van der Waals surface area (Å²) in [6.07, 6.45) is 3.08. The zero-order chi connectivity index (χ0) is 14.7. The van der Waals surface area contributed by atoms with E-state index in [1.165, 1.54) is 6.42 Å². The summed E-state index contributed by atoms with van der Waals surface area (Å²) < 4.78 is 5.70. The average molecular weight is 279 g/mol. The van der Waals surface area contributed by atoms with Crippen molar-refractivity contribution in [2.75, 3.05) is 18.0 Å². The molecule has 0 spiro atoms. The van der Waals surface area contributed by atoms with Gasteiger partial charge in [-0.25, -0.2) is 0 Å². The number of oxazole rings is 1. The van der Waals surface area contributed by atoms with Crippen molar-refractivity contribution in [2.24, 2.45) is 17.8 Å². The van der Waals surface area contributed by atoms with Crippen LogP contribution in [-0.2, 0) is 6.54 Å². The highest BCUT2D eigenvalue weighted by Crippen LogP contribution is 2.30. The predicted molar refractivity (Wildman–Crippen MR) is 82.8 cm³/mol. The SMILES string of the molecule is CC(C)CNCc1coc(N2CC(C)CC(C)C2C)n1. The summed E-state index contributed by atoms with van der Waals surface area (Å²) in [6, 6.07) is 1.29. The molecule has 1 N–H and O–H groups in total. The molecule has 1 aromatic heterocycles. The molecule has 4 heteroatoms. The Labute approximate surface area is 122 Å². The predicted octanol–water partition coefficient (Wildman–Crippen LogP) is 3.29. The average Bonchev–Trinajstić information content (AvgIpc) is 2.82. The molecule has 1 aromatic rings. The zero-order valence-corrected chi connectivity index (χ0v) is 13.5. The first-order valence-corrected chi connectivity index (χ1v) is 7.89. The fourth-order valence-corrected chi connectivity index (χ4v) is 2.97. The fourth-order valence-electron chi connectivity index (χ4n) is 2.97. The van der Waals surface area contributed by atoms with Crippen LogP contribution in [-0.4, -0.2) is 24.1 Å². The fraction of sp³-hybridized carbons (Fsp3) is 0.812. The van der Waals surface area contributed by atoms with Crippen LogP contribution in [0, 0.1) is 17.8 Å². The lowest BCUT2D eigenvalue weighted by molar-refractivity contribution is 0.283. The number of rotatable bonds is 5. The van der Waals surface area contributed by atoms with Gasteiger partial charge in [-0.15, -0.1) is 0 Å². The molecular formula is C16H29N3O. The molecule has 2 heterocycles. The molecule has 0 aromatic carbocycles. The second-order valence-corrected chi connectivity index (χ2v) is 6.86. The normalized spacial score (nSPS) is 27.3. The van der Waals surface area contributed by atoms with E-state index in [1.54, 1.807) is 6.26 Å². The Morgan fingerprint density at radius 2 is 2.15 bits per heavy atom. The van der Waals surface area contributed by atoms with Gasteiger partial charge < -0.3 is 14.6 Å². The lowest BCUT2D eigenvalue weighted by Gasteiger charge is -2.40. The molecule has 3 atom stereocenters. The quantitative estimate of drug-likeness (QED) is 0.898. The molecule has 1 aliphatic rings. The number of nitrogens with one attached hydrogen (secondary N) is 1. The van der Waals surface area contributed by atoms with Gasteiger partial charge in [0.1, 0.15) is 6.26 Å². The maximum absolute atomic E-state index is 5.70. The lowest BCUT2D eigenvalue weighted by Crippen LogP contribution is -2.46. The van der Waals surface area contributed by atoms with Crippen LogP contribution in [0.2, 0.25) is 0 Å². The summed E-state index contributed by atoms with van der Waals surface area (Å²) in [4.78, 5) is 6.97. The van der Waals surface area contributed by atoms with Gasteiger partial charge in [-0.2, -0.15) is 4.98 Å². The minimum absolute atomic E-state index is 0.501. The van der Waals surface area contributed by atoms with Crippen molar-refractivity contribution in [3.05, 3.63) is 12.0 Å². The lowest BCUT2D eigenvalue weighted by atomic mass is 9.86. The Balaban J connectivity index is 1.97. The number of aromatic nitrogens is 1. The Morgan fingerprint density at radius 1 is 1.40 bits per heavy atom. The van der Waals surface area contributed by atoms with Crippen LogP contribution in [0.15, 0.2) is 10.7 Å². The molecule has 1 aliphatic heterocycles. The summed E-state index contributed by atoms with van der Waals surface area (Å²) in [5.41, 5.74) is 0.999. The number of piperidine rings is 1. The molecule has 3 unspecified atom stereocenters. The summed E-state index contributed by atoms with van der Waals surface area (Å²) >= 11 is 0. The highest BCUT2D eigenvalue weighted by molar-refractivity contribution is 5.30. The highest BCUT2D eigenvalue weighted by atomic mass is 16.4. The van der Waals surface area contributed by atoms with Crippen LogP contribution < -0.4 is 10.2 Å². The van der Waals surface area contributed by atoms with Crippen LogP contribution in [0.25, 0.3) is 0 Å². The van der Waals surface area contributed by atoms with Gasteiger partial charge in [-0.1, -0.05) is 27.7 Å². The van der Waals surface area contributed by atoms with Crippen molar-refractivity contribution in [3.63, 3.8) is 0 Å².